The van der Waals surface area contributed by atoms with Crippen LogP contribution in [0.3, 0.4) is 0 Å². The Labute approximate surface area is 159 Å². The van der Waals surface area contributed by atoms with Crippen LogP contribution in [0.5, 0.6) is 5.75 Å². The van der Waals surface area contributed by atoms with Crippen LogP contribution in [0.1, 0.15) is 51.2 Å². The van der Waals surface area contributed by atoms with Gasteiger partial charge in [-0.3, -0.25) is 4.79 Å². The van der Waals surface area contributed by atoms with E-state index in [2.05, 4.69) is 30.1 Å². The number of nitrogens with one attached hydrogen (secondary N) is 1. The van der Waals surface area contributed by atoms with E-state index in [9.17, 15) is 4.79 Å². The molecule has 26 heavy (non-hydrogen) atoms. The van der Waals surface area contributed by atoms with Crippen molar-refractivity contribution in [3.05, 3.63) is 29.3 Å². The monoisotopic (exact) mass is 360 g/mol. The smallest absolute Gasteiger partial charge is 0.261 e. The second kappa shape index (κ2) is 9.96. The highest BCUT2D eigenvalue weighted by Crippen LogP contribution is 2.22. The molecule has 0 unspecified atom stereocenters. The zero-order chi connectivity index (χ0) is 19.1. The first-order valence-corrected chi connectivity index (χ1v) is 10.1. The number of amides is 1. The Bertz CT molecular complexity index is 578. The van der Waals surface area contributed by atoms with E-state index < -0.39 is 6.10 Å². The van der Waals surface area contributed by atoms with E-state index in [1.54, 1.807) is 0 Å². The van der Waals surface area contributed by atoms with Gasteiger partial charge in [-0.15, -0.1) is 0 Å². The first-order chi connectivity index (χ1) is 12.4. The fraction of sp³-hybridized carbons (Fsp3) is 0.682. The second-order valence-electron chi connectivity index (χ2n) is 8.13. The molecule has 4 nitrogen and oxygen atoms in total. The molecule has 1 aromatic rings. The third-order valence-electron chi connectivity index (χ3n) is 5.17. The fourth-order valence-electron chi connectivity index (χ4n) is 3.91. The number of carbonyl (C=O) groups is 1. The summed E-state index contributed by atoms with van der Waals surface area (Å²) in [4.78, 5) is 15.0. The Balaban J connectivity index is 1.75. The lowest BCUT2D eigenvalue weighted by atomic mass is 9.92. The van der Waals surface area contributed by atoms with Crippen molar-refractivity contribution in [2.45, 2.75) is 60.0 Å². The van der Waals surface area contributed by atoms with Gasteiger partial charge in [0.2, 0.25) is 0 Å². The lowest BCUT2D eigenvalue weighted by molar-refractivity contribution is -0.128. The van der Waals surface area contributed by atoms with Gasteiger partial charge in [0.05, 0.1) is 0 Å². The number of ether oxygens (including phenoxy) is 1. The molecular weight excluding hydrogens is 324 g/mol. The standard InChI is InChI=1S/C22H36N2O2/c1-6-20(26-21-13-16(2)8-9-19(21)5)22(25)23-10-7-11-24-14-17(3)12-18(4)15-24/h8-9,13,17-18,20H,6-7,10-12,14-15H2,1-5H3,(H,23,25)/t17-,18+,20-/m0/s1. The van der Waals surface area contributed by atoms with Gasteiger partial charge in [0, 0.05) is 19.6 Å². The molecule has 1 aromatic carbocycles. The third-order valence-corrected chi connectivity index (χ3v) is 5.17. The van der Waals surface area contributed by atoms with Crippen molar-refractivity contribution < 1.29 is 9.53 Å². The summed E-state index contributed by atoms with van der Waals surface area (Å²) < 4.78 is 5.99. The highest BCUT2D eigenvalue weighted by Gasteiger charge is 2.22. The van der Waals surface area contributed by atoms with Crippen LogP contribution in [0, 0.1) is 25.7 Å². The first-order valence-electron chi connectivity index (χ1n) is 10.1. The highest BCUT2D eigenvalue weighted by molar-refractivity contribution is 5.81. The van der Waals surface area contributed by atoms with E-state index in [1.807, 2.05) is 32.9 Å². The number of hydrogen-bond donors (Lipinski definition) is 1. The average Bonchev–Trinajstić information content (AvgIpc) is 2.58. The summed E-state index contributed by atoms with van der Waals surface area (Å²) in [7, 11) is 0. The summed E-state index contributed by atoms with van der Waals surface area (Å²) in [6, 6.07) is 6.10. The van der Waals surface area contributed by atoms with Crippen molar-refractivity contribution in [1.29, 1.82) is 0 Å². The molecule has 1 aliphatic heterocycles. The van der Waals surface area contributed by atoms with Gasteiger partial charge in [-0.25, -0.2) is 0 Å². The maximum absolute atomic E-state index is 12.5. The topological polar surface area (TPSA) is 41.6 Å². The van der Waals surface area contributed by atoms with Crippen LogP contribution in [0.2, 0.25) is 0 Å². The minimum atomic E-state index is -0.425. The molecule has 0 aromatic heterocycles. The zero-order valence-corrected chi connectivity index (χ0v) is 17.2. The van der Waals surface area contributed by atoms with Gasteiger partial charge in [-0.2, -0.15) is 0 Å². The minimum absolute atomic E-state index is 0.00575. The van der Waals surface area contributed by atoms with Crippen LogP contribution >= 0.6 is 0 Å². The van der Waals surface area contributed by atoms with Crippen LogP contribution in [0.15, 0.2) is 18.2 Å². The molecule has 0 aliphatic carbocycles. The number of nitrogens with zero attached hydrogens (tertiary/aromatic N) is 1. The Morgan fingerprint density at radius 1 is 1.27 bits per heavy atom. The van der Waals surface area contributed by atoms with Gasteiger partial charge in [0.1, 0.15) is 5.75 Å². The maximum atomic E-state index is 12.5. The van der Waals surface area contributed by atoms with E-state index in [1.165, 1.54) is 19.5 Å². The Morgan fingerprint density at radius 2 is 1.96 bits per heavy atom. The zero-order valence-electron chi connectivity index (χ0n) is 17.2. The molecule has 1 fully saturated rings. The molecule has 1 saturated heterocycles. The molecule has 1 amide bonds. The van der Waals surface area contributed by atoms with Crippen LogP contribution in [-0.2, 0) is 4.79 Å². The van der Waals surface area contributed by atoms with Gasteiger partial charge >= 0.3 is 0 Å². The summed E-state index contributed by atoms with van der Waals surface area (Å²) in [5, 5.41) is 3.06. The fourth-order valence-corrected chi connectivity index (χ4v) is 3.91. The number of carbonyl (C=O) groups excluding carboxylic acids is 1. The Morgan fingerprint density at radius 3 is 2.62 bits per heavy atom. The average molecular weight is 361 g/mol. The minimum Gasteiger partial charge on any atom is -0.480 e. The number of aryl methyl sites for hydroxylation is 2. The normalized spacial score (nSPS) is 22.0. The third kappa shape index (κ3) is 6.31. The van der Waals surface area contributed by atoms with E-state index in [-0.39, 0.29) is 5.91 Å². The molecule has 1 heterocycles. The van der Waals surface area contributed by atoms with Crippen LogP contribution in [0.25, 0.3) is 0 Å². The van der Waals surface area contributed by atoms with Crippen molar-refractivity contribution >= 4 is 5.91 Å². The number of benzene rings is 1. The molecule has 0 spiro atoms. The second-order valence-corrected chi connectivity index (χ2v) is 8.13. The van der Waals surface area contributed by atoms with Crippen molar-refractivity contribution in [3.8, 4) is 5.75 Å². The molecule has 1 N–H and O–H groups in total. The van der Waals surface area contributed by atoms with E-state index >= 15 is 0 Å². The first kappa shape index (κ1) is 20.8. The van der Waals surface area contributed by atoms with Gasteiger partial charge in [0.25, 0.3) is 5.91 Å². The van der Waals surface area contributed by atoms with E-state index in [4.69, 9.17) is 4.74 Å². The van der Waals surface area contributed by atoms with E-state index in [0.29, 0.717) is 13.0 Å². The molecule has 0 saturated carbocycles. The number of hydrogen-bond acceptors (Lipinski definition) is 3. The quantitative estimate of drug-likeness (QED) is 0.714. The molecule has 4 heteroatoms. The summed E-state index contributed by atoms with van der Waals surface area (Å²) in [6.07, 6.45) is 2.57. The van der Waals surface area contributed by atoms with Gasteiger partial charge in [-0.1, -0.05) is 32.9 Å². The molecule has 0 radical (unpaired) electrons. The predicted molar refractivity (Wildman–Crippen MR) is 108 cm³/mol. The van der Waals surface area contributed by atoms with Crippen molar-refractivity contribution in [1.82, 2.24) is 10.2 Å². The lowest BCUT2D eigenvalue weighted by Crippen LogP contribution is -2.42. The summed E-state index contributed by atoms with van der Waals surface area (Å²) >= 11 is 0. The number of piperidine rings is 1. The lowest BCUT2D eigenvalue weighted by Gasteiger charge is -2.35. The Kier molecular flexibility index (Phi) is 7.95. The SMILES string of the molecule is CC[C@H](Oc1cc(C)ccc1C)C(=O)NCCCN1C[C@H](C)C[C@H](C)C1. The molecular formula is C22H36N2O2. The molecule has 2 rings (SSSR count). The van der Waals surface area contributed by atoms with Gasteiger partial charge in [0.15, 0.2) is 6.10 Å². The summed E-state index contributed by atoms with van der Waals surface area (Å²) in [5.41, 5.74) is 2.21. The van der Waals surface area contributed by atoms with Crippen LogP contribution in [-0.4, -0.2) is 43.1 Å². The maximum Gasteiger partial charge on any atom is 0.261 e. The molecule has 146 valence electrons. The Hall–Kier alpha value is -1.55. The molecule has 3 atom stereocenters. The van der Waals surface area contributed by atoms with E-state index in [0.717, 1.165) is 41.7 Å². The van der Waals surface area contributed by atoms with Crippen molar-refractivity contribution in [2.75, 3.05) is 26.2 Å². The highest BCUT2D eigenvalue weighted by atomic mass is 16.5. The number of rotatable bonds is 8. The molecule has 0 bridgehead atoms. The molecule has 1 aliphatic rings. The van der Waals surface area contributed by atoms with Crippen molar-refractivity contribution in [3.63, 3.8) is 0 Å². The van der Waals surface area contributed by atoms with Crippen LogP contribution < -0.4 is 10.1 Å². The predicted octanol–water partition coefficient (Wildman–Crippen LogP) is 3.95. The summed E-state index contributed by atoms with van der Waals surface area (Å²) in [6.45, 7) is 14.9. The van der Waals surface area contributed by atoms with Gasteiger partial charge < -0.3 is 15.0 Å². The summed E-state index contributed by atoms with van der Waals surface area (Å²) in [5.74, 6) is 2.37. The van der Waals surface area contributed by atoms with Crippen LogP contribution in [0.4, 0.5) is 0 Å². The van der Waals surface area contributed by atoms with Crippen molar-refractivity contribution in [2.24, 2.45) is 11.8 Å². The van der Waals surface area contributed by atoms with Gasteiger partial charge in [-0.05, 0) is 68.7 Å². The largest absolute Gasteiger partial charge is 0.480 e. The number of likely N-dealkylation sites (tertiary alicyclic amines) is 1.